The van der Waals surface area contributed by atoms with Crippen LogP contribution in [0, 0.1) is 6.92 Å². The Morgan fingerprint density at radius 2 is 2.22 bits per heavy atom. The van der Waals surface area contributed by atoms with E-state index < -0.39 is 0 Å². The highest BCUT2D eigenvalue weighted by Crippen LogP contribution is 2.13. The maximum absolute atomic E-state index is 11.9. The molecule has 2 rings (SSSR count). The molecule has 0 saturated heterocycles. The topological polar surface area (TPSA) is 41.2 Å². The number of hydrogen-bond acceptors (Lipinski definition) is 4. The molecular weight excluding hydrogens is 334 g/mol. The summed E-state index contributed by atoms with van der Waals surface area (Å²) in [5.74, 6) is 0.140. The fourth-order valence-corrected chi connectivity index (χ4v) is 3.26. The number of aliphatic hydroxyl groups excluding tert-OH is 1. The quantitative estimate of drug-likeness (QED) is 0.546. The molecule has 0 saturated carbocycles. The lowest BCUT2D eigenvalue weighted by Crippen LogP contribution is -3.00. The molecule has 0 unspecified atom stereocenters. The van der Waals surface area contributed by atoms with Crippen molar-refractivity contribution in [3.05, 3.63) is 38.5 Å². The van der Waals surface area contributed by atoms with E-state index in [0.717, 1.165) is 15.4 Å². The summed E-state index contributed by atoms with van der Waals surface area (Å²) in [7, 11) is 0. The van der Waals surface area contributed by atoms with Gasteiger partial charge in [-0.15, -0.1) is 11.3 Å². The van der Waals surface area contributed by atoms with Crippen LogP contribution in [0.15, 0.2) is 23.0 Å². The van der Waals surface area contributed by atoms with Crippen LogP contribution in [-0.4, -0.2) is 17.5 Å². The molecule has 0 bridgehead atoms. The van der Waals surface area contributed by atoms with Crippen LogP contribution in [0.2, 0.25) is 0 Å². The van der Waals surface area contributed by atoms with Gasteiger partial charge in [-0.1, -0.05) is 17.4 Å². The molecule has 0 spiro atoms. The molecular formula is C12H14BrNO2S2. The molecule has 0 fully saturated rings. The number of nitrogens with zero attached hydrogens (tertiary/aromatic N) is 1. The van der Waals surface area contributed by atoms with Gasteiger partial charge in [0.05, 0.1) is 9.75 Å². The zero-order valence-corrected chi connectivity index (χ0v) is 13.1. The van der Waals surface area contributed by atoms with Gasteiger partial charge in [0.25, 0.3) is 0 Å². The van der Waals surface area contributed by atoms with Gasteiger partial charge in [-0.25, -0.2) is 0 Å². The van der Waals surface area contributed by atoms with Crippen LogP contribution in [0.1, 0.15) is 20.2 Å². The van der Waals surface area contributed by atoms with Crippen LogP contribution in [0.5, 0.6) is 0 Å². The van der Waals surface area contributed by atoms with E-state index in [0.29, 0.717) is 13.0 Å². The molecule has 2 aromatic heterocycles. The average Bonchev–Trinajstić information content (AvgIpc) is 2.94. The van der Waals surface area contributed by atoms with Crippen molar-refractivity contribution >= 4 is 28.5 Å². The Morgan fingerprint density at radius 3 is 2.83 bits per heavy atom. The zero-order valence-electron chi connectivity index (χ0n) is 9.93. The van der Waals surface area contributed by atoms with Crippen molar-refractivity contribution in [2.75, 3.05) is 6.61 Å². The number of Topliss-reactive ketones (excluding diaryl/α,β-unsaturated/α-hetero) is 1. The highest BCUT2D eigenvalue weighted by Gasteiger charge is 2.19. The first-order valence-electron chi connectivity index (χ1n) is 5.36. The molecule has 6 heteroatoms. The molecule has 0 aromatic carbocycles. The molecule has 2 heterocycles. The maximum Gasteiger partial charge on any atom is 0.237 e. The molecule has 1 N–H and O–H groups in total. The van der Waals surface area contributed by atoms with Crippen molar-refractivity contribution in [1.29, 1.82) is 0 Å². The normalized spacial score (nSPS) is 10.1. The largest absolute Gasteiger partial charge is 1.00 e. The highest BCUT2D eigenvalue weighted by molar-refractivity contribution is 7.12. The predicted octanol–water partition coefficient (Wildman–Crippen LogP) is -1.17. The summed E-state index contributed by atoms with van der Waals surface area (Å²) in [5.41, 5.74) is 3.03. The second kappa shape index (κ2) is 7.13. The smallest absolute Gasteiger partial charge is 0.237 e. The lowest BCUT2D eigenvalue weighted by Gasteiger charge is -1.95. The molecule has 0 aliphatic rings. The van der Waals surface area contributed by atoms with Gasteiger partial charge in [-0.2, -0.15) is 4.57 Å². The second-order valence-electron chi connectivity index (χ2n) is 3.73. The Bertz CT molecular complexity index is 508. The molecule has 0 radical (unpaired) electrons. The lowest BCUT2D eigenvalue weighted by molar-refractivity contribution is -0.684. The number of halogens is 1. The number of carbonyl (C=O) groups is 1. The fraction of sp³-hybridized carbons (Fsp3) is 0.333. The van der Waals surface area contributed by atoms with Gasteiger partial charge in [0, 0.05) is 20.0 Å². The van der Waals surface area contributed by atoms with E-state index in [2.05, 4.69) is 0 Å². The number of thiazole rings is 1. The minimum atomic E-state index is 0. The molecule has 0 aliphatic heterocycles. The molecule has 0 atom stereocenters. The van der Waals surface area contributed by atoms with Crippen LogP contribution >= 0.6 is 22.7 Å². The number of hydrogen-bond donors (Lipinski definition) is 1. The molecule has 98 valence electrons. The third kappa shape index (κ3) is 3.47. The lowest BCUT2D eigenvalue weighted by atomic mass is 10.3. The Kier molecular flexibility index (Phi) is 6.14. The summed E-state index contributed by atoms with van der Waals surface area (Å²) in [6.45, 7) is 2.53. The Labute approximate surface area is 124 Å². The summed E-state index contributed by atoms with van der Waals surface area (Å²) < 4.78 is 1.96. The van der Waals surface area contributed by atoms with Gasteiger partial charge in [-0.05, 0) is 11.4 Å². The first-order chi connectivity index (χ1) is 8.22. The third-order valence-electron chi connectivity index (χ3n) is 2.61. The van der Waals surface area contributed by atoms with Gasteiger partial charge in [0.1, 0.15) is 0 Å². The summed E-state index contributed by atoms with van der Waals surface area (Å²) in [6.07, 6.45) is 0.663. The SMILES string of the molecule is Cc1c(CCO)sc[n+]1CC(=O)c1cccs1.[Br-]. The molecule has 2 aromatic rings. The summed E-state index contributed by atoms with van der Waals surface area (Å²) in [4.78, 5) is 13.9. The number of rotatable bonds is 5. The number of carbonyl (C=O) groups excluding carboxylic acids is 1. The van der Waals surface area contributed by atoms with Gasteiger partial charge in [0.15, 0.2) is 5.69 Å². The monoisotopic (exact) mass is 347 g/mol. The highest BCUT2D eigenvalue weighted by atomic mass is 79.9. The standard InChI is InChI=1S/C12H14NO2S2.BrH/c1-9-11(4-5-14)17-8-13(9)7-10(15)12-3-2-6-16-12;/h2-3,6,8,14H,4-5,7H2,1H3;1H/q+1;/p-1. The Hall–Kier alpha value is -0.560. The number of ketones is 1. The second-order valence-corrected chi connectivity index (χ2v) is 5.62. The Balaban J connectivity index is 0.00000162. The Morgan fingerprint density at radius 1 is 1.44 bits per heavy atom. The van der Waals surface area contributed by atoms with Crippen LogP contribution in [-0.2, 0) is 13.0 Å². The number of aromatic nitrogens is 1. The molecule has 0 amide bonds. The first-order valence-corrected chi connectivity index (χ1v) is 7.12. The van der Waals surface area contributed by atoms with Gasteiger partial charge in [0.2, 0.25) is 17.8 Å². The van der Waals surface area contributed by atoms with Crippen LogP contribution in [0.25, 0.3) is 0 Å². The van der Waals surface area contributed by atoms with E-state index >= 15 is 0 Å². The molecule has 3 nitrogen and oxygen atoms in total. The van der Waals surface area contributed by atoms with Crippen molar-refractivity contribution < 1.29 is 31.4 Å². The van der Waals surface area contributed by atoms with E-state index in [-0.39, 0.29) is 29.4 Å². The minimum absolute atomic E-state index is 0. The van der Waals surface area contributed by atoms with Crippen molar-refractivity contribution in [2.24, 2.45) is 0 Å². The maximum atomic E-state index is 11.9. The third-order valence-corrected chi connectivity index (χ3v) is 4.66. The van der Waals surface area contributed by atoms with E-state index in [9.17, 15) is 4.79 Å². The van der Waals surface area contributed by atoms with Crippen molar-refractivity contribution in [2.45, 2.75) is 19.9 Å². The molecule has 18 heavy (non-hydrogen) atoms. The number of thiophene rings is 1. The summed E-state index contributed by atoms with van der Waals surface area (Å²) in [6, 6.07) is 3.74. The average molecular weight is 348 g/mol. The van der Waals surface area contributed by atoms with Crippen molar-refractivity contribution in [3.8, 4) is 0 Å². The van der Waals surface area contributed by atoms with Crippen molar-refractivity contribution in [1.82, 2.24) is 0 Å². The summed E-state index contributed by atoms with van der Waals surface area (Å²) >= 11 is 3.07. The minimum Gasteiger partial charge on any atom is -1.00 e. The van der Waals surface area contributed by atoms with Gasteiger partial charge < -0.3 is 22.1 Å². The van der Waals surface area contributed by atoms with Crippen LogP contribution in [0.3, 0.4) is 0 Å². The van der Waals surface area contributed by atoms with E-state index in [1.165, 1.54) is 11.3 Å². The van der Waals surface area contributed by atoms with E-state index in [1.54, 1.807) is 11.3 Å². The summed E-state index contributed by atoms with van der Waals surface area (Å²) in [5, 5.41) is 10.8. The molecule has 0 aliphatic carbocycles. The predicted molar refractivity (Wildman–Crippen MR) is 68.7 cm³/mol. The van der Waals surface area contributed by atoms with Gasteiger partial charge >= 0.3 is 0 Å². The van der Waals surface area contributed by atoms with Crippen molar-refractivity contribution in [3.63, 3.8) is 0 Å². The van der Waals surface area contributed by atoms with Crippen LogP contribution < -0.4 is 21.5 Å². The zero-order chi connectivity index (χ0) is 12.3. The van der Waals surface area contributed by atoms with E-state index in [1.807, 2.05) is 34.5 Å². The van der Waals surface area contributed by atoms with Gasteiger partial charge in [-0.3, -0.25) is 4.79 Å². The van der Waals surface area contributed by atoms with E-state index in [4.69, 9.17) is 5.11 Å². The fourth-order valence-electron chi connectivity index (χ4n) is 1.62. The number of aliphatic hydroxyl groups is 1. The van der Waals surface area contributed by atoms with Crippen LogP contribution in [0.4, 0.5) is 0 Å². The first kappa shape index (κ1) is 15.5.